The summed E-state index contributed by atoms with van der Waals surface area (Å²) in [5.41, 5.74) is 13.8. The van der Waals surface area contributed by atoms with Crippen molar-refractivity contribution in [2.24, 2.45) is 25.8 Å². The Balaban J connectivity index is 0.000000161. The van der Waals surface area contributed by atoms with Gasteiger partial charge in [0.05, 0.1) is 39.1 Å². The van der Waals surface area contributed by atoms with Gasteiger partial charge in [0.1, 0.15) is 0 Å². The first-order chi connectivity index (χ1) is 43.6. The number of nitrogens with zero attached hydrogens (tertiary/aromatic N) is 3. The van der Waals surface area contributed by atoms with E-state index in [1.807, 2.05) is 185 Å². The quantitative estimate of drug-likeness (QED) is 0.0633. The number of anilines is 3. The van der Waals surface area contributed by atoms with Crippen LogP contribution in [0.4, 0.5) is 31.4 Å². The van der Waals surface area contributed by atoms with Gasteiger partial charge in [-0.2, -0.15) is 0 Å². The molecular formula is C67H72N14O9S. The lowest BCUT2D eigenvalue weighted by atomic mass is 9.96. The fourth-order valence-corrected chi connectivity index (χ4v) is 10.4. The second-order valence-corrected chi connectivity index (χ2v) is 23.6. The molecule has 1 aliphatic carbocycles. The molecule has 7 aromatic rings. The average Bonchev–Trinajstić information content (AvgIpc) is 2.07. The predicted octanol–water partition coefficient (Wildman–Crippen LogP) is 7.89. The van der Waals surface area contributed by atoms with Crippen LogP contribution in [0.3, 0.4) is 0 Å². The van der Waals surface area contributed by atoms with E-state index in [2.05, 4.69) is 62.8 Å². The third kappa shape index (κ3) is 18.8. The van der Waals surface area contributed by atoms with E-state index in [1.54, 1.807) is 6.92 Å². The van der Waals surface area contributed by atoms with Gasteiger partial charge in [0, 0.05) is 57.1 Å². The molecule has 7 aromatic carbocycles. The molecule has 23 nitrogen and oxygen atoms in total. The molecule has 11 rings (SSSR count). The number of nitrogens with two attached hydrogens (primary N) is 2. The first kappa shape index (κ1) is 66.1. The number of nitrogens with one attached hydrogen (secondary N) is 9. The Hall–Kier alpha value is -10.9. The van der Waals surface area contributed by atoms with E-state index in [0.717, 1.165) is 65.1 Å². The Morgan fingerprint density at radius 2 is 0.868 bits per heavy atom. The predicted molar refractivity (Wildman–Crippen MR) is 351 cm³/mol. The van der Waals surface area contributed by atoms with Crippen LogP contribution in [-0.2, 0) is 24.4 Å². The number of primary amides is 1. The summed E-state index contributed by atoms with van der Waals surface area (Å²) in [6.07, 6.45) is 2.41. The van der Waals surface area contributed by atoms with Crippen LogP contribution < -0.4 is 58.7 Å². The van der Waals surface area contributed by atoms with Crippen molar-refractivity contribution < 1.29 is 42.0 Å². The van der Waals surface area contributed by atoms with E-state index in [4.69, 9.17) is 10.9 Å². The minimum atomic E-state index is -3.77. The lowest BCUT2D eigenvalue weighted by molar-refractivity contribution is -0.118. The second kappa shape index (κ2) is 30.9. The summed E-state index contributed by atoms with van der Waals surface area (Å²) in [6.45, 7) is 7.88. The minimum absolute atomic E-state index is 0.117. The van der Waals surface area contributed by atoms with E-state index >= 15 is 0 Å². The van der Waals surface area contributed by atoms with Gasteiger partial charge in [0.2, 0.25) is 34.4 Å². The Morgan fingerprint density at radius 3 is 1.24 bits per heavy atom. The maximum atomic E-state index is 12.7. The van der Waals surface area contributed by atoms with Crippen LogP contribution in [0, 0.1) is 0 Å². The topological polar surface area (TPSA) is 351 Å². The molecule has 0 spiro atoms. The van der Waals surface area contributed by atoms with Gasteiger partial charge < -0.3 is 53.6 Å². The molecule has 1 saturated carbocycles. The van der Waals surface area contributed by atoms with Gasteiger partial charge in [0.25, 0.3) is 17.7 Å². The molecule has 3 unspecified atom stereocenters. The number of fused-ring (bicyclic) bond motifs is 3. The number of urea groups is 3. The number of benzene rings is 7. The first-order valence-electron chi connectivity index (χ1n) is 29.4. The number of rotatable bonds is 10. The molecule has 0 bridgehead atoms. The number of amides is 10. The van der Waals surface area contributed by atoms with E-state index in [-0.39, 0.29) is 40.3 Å². The van der Waals surface area contributed by atoms with Gasteiger partial charge in [-0.1, -0.05) is 171 Å². The van der Waals surface area contributed by atoms with Crippen LogP contribution in [0.25, 0.3) is 0 Å². The maximum Gasteiger partial charge on any atom is 0.317 e. The van der Waals surface area contributed by atoms with Crippen molar-refractivity contribution in [1.29, 1.82) is 0 Å². The lowest BCUT2D eigenvalue weighted by Gasteiger charge is -2.23. The van der Waals surface area contributed by atoms with Gasteiger partial charge >= 0.3 is 18.1 Å². The maximum absolute atomic E-state index is 12.7. The molecule has 0 radical (unpaired) electrons. The van der Waals surface area contributed by atoms with E-state index < -0.39 is 52.0 Å². The minimum Gasteiger partial charge on any atom is -0.366 e. The molecule has 3 atom stereocenters. The fraction of sp³-hybridized carbons (Fsp3) is 0.224. The van der Waals surface area contributed by atoms with Crippen LogP contribution in [0.2, 0.25) is 0 Å². The number of sulfonamides is 1. The van der Waals surface area contributed by atoms with Crippen LogP contribution >= 0.6 is 0 Å². The number of hydrogen-bond donors (Lipinski definition) is 11. The molecular weight excluding hydrogens is 1180 g/mol. The van der Waals surface area contributed by atoms with Gasteiger partial charge in [-0.3, -0.25) is 19.2 Å². The lowest BCUT2D eigenvalue weighted by Crippen LogP contribution is -2.52. The summed E-state index contributed by atoms with van der Waals surface area (Å²) in [4.78, 5) is 98.5. The van der Waals surface area contributed by atoms with Gasteiger partial charge in [0.15, 0.2) is 0 Å². The van der Waals surface area contributed by atoms with Gasteiger partial charge in [-0.25, -0.2) is 42.9 Å². The number of benzodiazepines with no additional fused rings is 3. The molecule has 10 amide bonds. The largest absolute Gasteiger partial charge is 0.366 e. The summed E-state index contributed by atoms with van der Waals surface area (Å²) >= 11 is 0. The van der Waals surface area contributed by atoms with E-state index in [1.165, 1.54) is 24.6 Å². The molecule has 0 saturated heterocycles. The summed E-state index contributed by atoms with van der Waals surface area (Å²) in [5.74, 6) is -1.80. The first-order valence-corrected chi connectivity index (χ1v) is 30.9. The number of hydrogen-bond acceptors (Lipinski definition) is 12. The van der Waals surface area contributed by atoms with Crippen LogP contribution in [0.15, 0.2) is 208 Å². The highest BCUT2D eigenvalue weighted by Crippen LogP contribution is 2.27. The number of carbonyl (C=O) groups is 7. The Kier molecular flexibility index (Phi) is 22.4. The highest BCUT2D eigenvalue weighted by atomic mass is 32.2. The highest BCUT2D eigenvalue weighted by Gasteiger charge is 2.31. The molecule has 91 heavy (non-hydrogen) atoms. The van der Waals surface area contributed by atoms with Crippen LogP contribution in [0.5, 0.6) is 0 Å². The van der Waals surface area contributed by atoms with Crippen molar-refractivity contribution in [1.82, 2.24) is 31.9 Å². The van der Waals surface area contributed by atoms with Crippen molar-refractivity contribution in [3.63, 3.8) is 0 Å². The highest BCUT2D eigenvalue weighted by molar-refractivity contribution is 7.89. The molecule has 4 aliphatic rings. The zero-order valence-corrected chi connectivity index (χ0v) is 51.3. The van der Waals surface area contributed by atoms with E-state index in [9.17, 15) is 42.0 Å². The summed E-state index contributed by atoms with van der Waals surface area (Å²) in [6, 6.07) is 55.5. The zero-order valence-electron chi connectivity index (χ0n) is 50.5. The SMILES string of the molecule is CC(C)(C)NC(=O)NC1N=C(c2ccccc2)c2ccccc2NC1=O.CCNC(=O)NC1N=C(c2ccccc2)c2ccccc2NC1=O.NC(=O)c1cccc(S(N)(=O)=O)c1.O=C(NC1CCCCC1)NC1N=C(c2ccccc2)c2ccccc2NC1=O. The van der Waals surface area contributed by atoms with Crippen molar-refractivity contribution in [2.75, 3.05) is 22.5 Å². The molecule has 470 valence electrons. The number of para-hydroxylation sites is 3. The average molecular weight is 1250 g/mol. The van der Waals surface area contributed by atoms with E-state index in [0.29, 0.717) is 40.7 Å². The normalized spacial score (nSPS) is 16.7. The number of primary sulfonamides is 1. The van der Waals surface area contributed by atoms with Crippen molar-refractivity contribution in [3.05, 3.63) is 227 Å². The van der Waals surface area contributed by atoms with Gasteiger partial charge in [-0.05, 0) is 76.9 Å². The van der Waals surface area contributed by atoms with Crippen molar-refractivity contribution in [3.8, 4) is 0 Å². The zero-order chi connectivity index (χ0) is 65.1. The van der Waals surface area contributed by atoms with Gasteiger partial charge in [-0.15, -0.1) is 0 Å². The third-order valence-corrected chi connectivity index (χ3v) is 14.9. The van der Waals surface area contributed by atoms with Crippen LogP contribution in [-0.4, -0.2) is 104 Å². The van der Waals surface area contributed by atoms with Crippen LogP contribution in [0.1, 0.15) is 104 Å². The summed E-state index contributed by atoms with van der Waals surface area (Å²) < 4.78 is 21.7. The second-order valence-electron chi connectivity index (χ2n) is 22.1. The molecule has 24 heteroatoms. The Bertz CT molecular complexity index is 3990. The van der Waals surface area contributed by atoms with Crippen molar-refractivity contribution in [2.45, 2.75) is 94.8 Å². The Labute approximate surface area is 527 Å². The number of carbonyl (C=O) groups excluding carboxylic acids is 7. The van der Waals surface area contributed by atoms with Crippen molar-refractivity contribution >= 4 is 85.9 Å². The fourth-order valence-electron chi connectivity index (χ4n) is 9.80. The molecule has 3 heterocycles. The summed E-state index contributed by atoms with van der Waals surface area (Å²) in [7, 11) is -3.77. The Morgan fingerprint density at radius 1 is 0.495 bits per heavy atom. The molecule has 0 aromatic heterocycles. The molecule has 13 N–H and O–H groups in total. The number of aliphatic imine (C=N–C) groups is 3. The summed E-state index contributed by atoms with van der Waals surface area (Å²) in [5, 5.41) is 29.8. The molecule has 1 fully saturated rings. The smallest absolute Gasteiger partial charge is 0.317 e. The third-order valence-electron chi connectivity index (χ3n) is 14.0. The monoisotopic (exact) mass is 1250 g/mol. The standard InChI is InChI=1S/C22H24N4O2.C20H22N4O2.C18H18N4O2.C7H8N2O3S/c27-21-20(26-22(28)23-16-11-5-2-6-12-16)25-19(15-9-3-1-4-10-15)17-13-7-8-14-18(17)24-21;1-20(2,3)24-19(26)23-17-18(25)21-15-12-8-7-11-14(15)16(22-17)13-9-5-4-6-10-13;1-2-19-18(24)22-16-17(23)20-14-11-7-6-10-13(14)15(21-16)12-8-4-3-5-9-12;8-7(10)5-2-1-3-6(4-5)13(9,11)12/h1,3-4,7-10,13-14,16,20H,2,5-6,11-12H2,(H,24,27)(H2,23,26,28);4-12,17H,1-3H3,(H,21,25)(H2,23,24,26);3-11,16H,2H2,1H3,(H,20,23)(H2,19,22,24);1-4H,(H2,8,10)(H2,9,11,12). The molecule has 3 aliphatic heterocycles.